The number of nitrogens with two attached hydrogens (primary N) is 1. The summed E-state index contributed by atoms with van der Waals surface area (Å²) in [6.45, 7) is 1.90. The zero-order valence-corrected chi connectivity index (χ0v) is 18.5. The number of hydrogen-bond acceptors (Lipinski definition) is 5. The fourth-order valence-electron chi connectivity index (χ4n) is 4.68. The van der Waals surface area contributed by atoms with Gasteiger partial charge < -0.3 is 15.4 Å². The van der Waals surface area contributed by atoms with Gasteiger partial charge in [0.05, 0.1) is 12.1 Å². The predicted octanol–water partition coefficient (Wildman–Crippen LogP) is 4.27. The highest BCUT2D eigenvalue weighted by molar-refractivity contribution is 7.18. The molecule has 1 aliphatic carbocycles. The predicted molar refractivity (Wildman–Crippen MR) is 120 cm³/mol. The van der Waals surface area contributed by atoms with Gasteiger partial charge in [-0.1, -0.05) is 23.7 Å². The number of thiophene rings is 1. The Morgan fingerprint density at radius 1 is 1.27 bits per heavy atom. The molecule has 0 radical (unpaired) electrons. The second-order valence-corrected chi connectivity index (χ2v) is 9.48. The SMILES string of the molecule is COC(=O)c1ccc(N2CCN([C@H]3CC[C@](CN)(c4cccc(Cl)c4)CC3)C2=O)s1. The first-order chi connectivity index (χ1) is 14.5. The first kappa shape index (κ1) is 21.2. The number of halogens is 1. The van der Waals surface area contributed by atoms with Crippen LogP contribution in [0.25, 0.3) is 0 Å². The quantitative estimate of drug-likeness (QED) is 0.694. The van der Waals surface area contributed by atoms with Crippen molar-refractivity contribution >= 4 is 39.9 Å². The van der Waals surface area contributed by atoms with E-state index in [0.29, 0.717) is 24.5 Å². The molecule has 2 N–H and O–H groups in total. The maximum absolute atomic E-state index is 13.1. The van der Waals surface area contributed by atoms with Crippen LogP contribution in [-0.2, 0) is 10.2 Å². The minimum atomic E-state index is -0.374. The van der Waals surface area contributed by atoms with E-state index in [-0.39, 0.29) is 23.5 Å². The molecule has 1 aliphatic heterocycles. The molecule has 0 spiro atoms. The largest absolute Gasteiger partial charge is 0.465 e. The maximum Gasteiger partial charge on any atom is 0.348 e. The molecule has 160 valence electrons. The van der Waals surface area contributed by atoms with Gasteiger partial charge in [0.25, 0.3) is 0 Å². The number of benzene rings is 1. The van der Waals surface area contributed by atoms with Crippen LogP contribution in [0.1, 0.15) is 40.9 Å². The molecule has 2 amide bonds. The van der Waals surface area contributed by atoms with Crippen LogP contribution < -0.4 is 10.6 Å². The molecular weight excluding hydrogens is 422 g/mol. The lowest BCUT2D eigenvalue weighted by Crippen LogP contribution is -2.46. The Morgan fingerprint density at radius 2 is 2.03 bits per heavy atom. The Bertz CT molecular complexity index is 939. The van der Waals surface area contributed by atoms with Gasteiger partial charge in [-0.25, -0.2) is 9.59 Å². The van der Waals surface area contributed by atoms with Crippen LogP contribution in [-0.4, -0.2) is 49.7 Å². The van der Waals surface area contributed by atoms with Crippen molar-refractivity contribution < 1.29 is 14.3 Å². The summed E-state index contributed by atoms with van der Waals surface area (Å²) in [5.74, 6) is -0.374. The van der Waals surface area contributed by atoms with E-state index in [9.17, 15) is 9.59 Å². The van der Waals surface area contributed by atoms with Crippen LogP contribution in [0.4, 0.5) is 9.80 Å². The van der Waals surface area contributed by atoms with Crippen molar-refractivity contribution in [1.29, 1.82) is 0 Å². The van der Waals surface area contributed by atoms with E-state index in [4.69, 9.17) is 22.1 Å². The van der Waals surface area contributed by atoms with Crippen LogP contribution >= 0.6 is 22.9 Å². The first-order valence-corrected chi connectivity index (χ1v) is 11.4. The summed E-state index contributed by atoms with van der Waals surface area (Å²) in [7, 11) is 1.36. The molecule has 2 aromatic rings. The molecule has 8 heteroatoms. The lowest BCUT2D eigenvalue weighted by Gasteiger charge is -2.42. The Labute approximate surface area is 185 Å². The molecule has 1 saturated carbocycles. The van der Waals surface area contributed by atoms with Gasteiger partial charge in [-0.05, 0) is 55.5 Å². The molecule has 2 fully saturated rings. The number of hydrogen-bond donors (Lipinski definition) is 1. The zero-order chi connectivity index (χ0) is 21.3. The topological polar surface area (TPSA) is 75.9 Å². The lowest BCUT2D eigenvalue weighted by atomic mass is 9.68. The average molecular weight is 448 g/mol. The van der Waals surface area contributed by atoms with Crippen molar-refractivity contribution in [3.63, 3.8) is 0 Å². The van der Waals surface area contributed by atoms with Gasteiger partial charge in [-0.2, -0.15) is 0 Å². The number of rotatable bonds is 5. The monoisotopic (exact) mass is 447 g/mol. The second kappa shape index (κ2) is 8.57. The summed E-state index contributed by atoms with van der Waals surface area (Å²) < 4.78 is 4.77. The van der Waals surface area contributed by atoms with Gasteiger partial charge in [-0.15, -0.1) is 11.3 Å². The van der Waals surface area contributed by atoms with Crippen LogP contribution in [0, 0.1) is 0 Å². The van der Waals surface area contributed by atoms with E-state index in [1.807, 2.05) is 29.2 Å². The Kier molecular flexibility index (Phi) is 6.04. The van der Waals surface area contributed by atoms with Crippen LogP contribution in [0.2, 0.25) is 5.02 Å². The number of anilines is 1. The first-order valence-electron chi connectivity index (χ1n) is 10.2. The number of esters is 1. The Balaban J connectivity index is 1.43. The molecule has 0 bridgehead atoms. The molecule has 2 heterocycles. The molecule has 1 saturated heterocycles. The van der Waals surface area contributed by atoms with E-state index >= 15 is 0 Å². The summed E-state index contributed by atoms with van der Waals surface area (Å²) in [6.07, 6.45) is 3.70. The number of carbonyl (C=O) groups is 2. The minimum absolute atomic E-state index is 0.0151. The van der Waals surface area contributed by atoms with Gasteiger partial charge in [-0.3, -0.25) is 4.90 Å². The standard InChI is InChI=1S/C22H26ClN3O3S/c1-29-20(27)18-5-6-19(30-18)26-12-11-25(21(26)28)17-7-9-22(14-24,10-8-17)15-3-2-4-16(23)13-15/h2-6,13,17H,7-12,14,24H2,1H3/t17-,22-. The zero-order valence-electron chi connectivity index (χ0n) is 17.0. The number of nitrogens with zero attached hydrogens (tertiary/aromatic N) is 2. The van der Waals surface area contributed by atoms with E-state index in [1.165, 1.54) is 24.0 Å². The maximum atomic E-state index is 13.1. The third kappa shape index (κ3) is 3.82. The molecule has 2 aliphatic rings. The molecule has 6 nitrogen and oxygen atoms in total. The van der Waals surface area contributed by atoms with Gasteiger partial charge in [0.2, 0.25) is 0 Å². The van der Waals surface area contributed by atoms with E-state index in [0.717, 1.165) is 35.7 Å². The fraction of sp³-hybridized carbons (Fsp3) is 0.455. The highest BCUT2D eigenvalue weighted by Crippen LogP contribution is 2.42. The second-order valence-electron chi connectivity index (χ2n) is 7.98. The summed E-state index contributed by atoms with van der Waals surface area (Å²) in [5.41, 5.74) is 7.33. The highest BCUT2D eigenvalue weighted by atomic mass is 35.5. The fourth-order valence-corrected chi connectivity index (χ4v) is 5.81. The molecule has 0 atom stereocenters. The molecule has 4 rings (SSSR count). The summed E-state index contributed by atoms with van der Waals surface area (Å²) in [6, 6.07) is 11.7. The number of ether oxygens (including phenoxy) is 1. The van der Waals surface area contributed by atoms with Gasteiger partial charge in [0.1, 0.15) is 4.88 Å². The van der Waals surface area contributed by atoms with Crippen molar-refractivity contribution in [2.45, 2.75) is 37.1 Å². The Morgan fingerprint density at radius 3 is 2.70 bits per heavy atom. The summed E-state index contributed by atoms with van der Waals surface area (Å²) in [4.78, 5) is 29.1. The van der Waals surface area contributed by atoms with Gasteiger partial charge in [0.15, 0.2) is 0 Å². The summed E-state index contributed by atoms with van der Waals surface area (Å²) >= 11 is 7.50. The number of methoxy groups -OCH3 is 1. The minimum Gasteiger partial charge on any atom is -0.465 e. The van der Waals surface area contributed by atoms with Crippen molar-refractivity contribution in [1.82, 2.24) is 4.90 Å². The molecule has 30 heavy (non-hydrogen) atoms. The van der Waals surface area contributed by atoms with E-state index < -0.39 is 0 Å². The normalized spacial score (nSPS) is 24.4. The molecule has 0 unspecified atom stereocenters. The van der Waals surface area contributed by atoms with Crippen molar-refractivity contribution in [3.05, 3.63) is 51.9 Å². The van der Waals surface area contributed by atoms with Crippen LogP contribution in [0.5, 0.6) is 0 Å². The third-order valence-electron chi connectivity index (χ3n) is 6.47. The van der Waals surface area contributed by atoms with Crippen molar-refractivity contribution in [3.8, 4) is 0 Å². The highest BCUT2D eigenvalue weighted by Gasteiger charge is 2.41. The smallest absolute Gasteiger partial charge is 0.348 e. The van der Waals surface area contributed by atoms with E-state index in [1.54, 1.807) is 11.0 Å². The number of carbonyl (C=O) groups excluding carboxylic acids is 2. The van der Waals surface area contributed by atoms with Crippen molar-refractivity contribution in [2.75, 3.05) is 31.6 Å². The molecule has 1 aromatic heterocycles. The van der Waals surface area contributed by atoms with Crippen LogP contribution in [0.15, 0.2) is 36.4 Å². The van der Waals surface area contributed by atoms with Gasteiger partial charge >= 0.3 is 12.0 Å². The average Bonchev–Trinajstić information content (AvgIpc) is 3.40. The number of urea groups is 1. The third-order valence-corrected chi connectivity index (χ3v) is 7.79. The van der Waals surface area contributed by atoms with E-state index in [2.05, 4.69) is 6.07 Å². The van der Waals surface area contributed by atoms with Crippen molar-refractivity contribution in [2.24, 2.45) is 5.73 Å². The lowest BCUT2D eigenvalue weighted by molar-refractivity contribution is 0.0606. The Hall–Kier alpha value is -2.09. The van der Waals surface area contributed by atoms with Crippen LogP contribution in [0.3, 0.4) is 0 Å². The molecule has 1 aromatic carbocycles. The van der Waals surface area contributed by atoms with Gasteiger partial charge in [0, 0.05) is 36.1 Å². The molecular formula is C22H26ClN3O3S. The summed E-state index contributed by atoms with van der Waals surface area (Å²) in [5, 5.41) is 1.52. The number of amides is 2.